The molecule has 2 aromatic rings. The third-order valence-corrected chi connectivity index (χ3v) is 5.18. The van der Waals surface area contributed by atoms with Crippen LogP contribution in [0.4, 0.5) is 10.5 Å². The number of nitrogens with one attached hydrogen (secondary N) is 1. The number of hydrogen-bond acceptors (Lipinski definition) is 5. The highest BCUT2D eigenvalue weighted by Crippen LogP contribution is 2.33. The molecule has 0 aromatic heterocycles. The minimum atomic E-state index is -0.468. The first-order chi connectivity index (χ1) is 13.4. The minimum Gasteiger partial charge on any atom is -0.497 e. The Kier molecular flexibility index (Phi) is 5.84. The summed E-state index contributed by atoms with van der Waals surface area (Å²) in [4.78, 5) is 38.3. The van der Waals surface area contributed by atoms with E-state index in [1.54, 1.807) is 31.4 Å². The highest BCUT2D eigenvalue weighted by atomic mass is 32.2. The molecular weight excluding hydrogens is 376 g/mol. The van der Waals surface area contributed by atoms with Crippen molar-refractivity contribution in [1.82, 2.24) is 4.90 Å². The SMILES string of the molecule is COc1ccc(/C=C2\SC(=O)N(CC(=O)Nc3ccc(C)cc3)C2=O)c(C)c1. The summed E-state index contributed by atoms with van der Waals surface area (Å²) >= 11 is 0.833. The van der Waals surface area contributed by atoms with Crippen LogP contribution in [0, 0.1) is 13.8 Å². The molecule has 0 saturated carbocycles. The molecule has 6 nitrogen and oxygen atoms in total. The lowest BCUT2D eigenvalue weighted by Gasteiger charge is -2.12. The normalized spacial score (nSPS) is 15.2. The maximum atomic E-state index is 12.6. The van der Waals surface area contributed by atoms with Gasteiger partial charge in [-0.2, -0.15) is 0 Å². The number of benzene rings is 2. The second-order valence-electron chi connectivity index (χ2n) is 6.40. The predicted molar refractivity (Wildman–Crippen MR) is 110 cm³/mol. The highest BCUT2D eigenvalue weighted by Gasteiger charge is 2.36. The Hall–Kier alpha value is -3.06. The number of imide groups is 1. The Balaban J connectivity index is 1.71. The van der Waals surface area contributed by atoms with Gasteiger partial charge in [0.1, 0.15) is 12.3 Å². The summed E-state index contributed by atoms with van der Waals surface area (Å²) in [5, 5.41) is 2.24. The van der Waals surface area contributed by atoms with Gasteiger partial charge < -0.3 is 10.1 Å². The van der Waals surface area contributed by atoms with Gasteiger partial charge >= 0.3 is 0 Å². The first-order valence-electron chi connectivity index (χ1n) is 8.64. The van der Waals surface area contributed by atoms with Crippen LogP contribution in [0.5, 0.6) is 5.75 Å². The molecule has 7 heteroatoms. The zero-order valence-electron chi connectivity index (χ0n) is 15.8. The van der Waals surface area contributed by atoms with Gasteiger partial charge in [0.25, 0.3) is 11.1 Å². The molecule has 1 fully saturated rings. The van der Waals surface area contributed by atoms with Gasteiger partial charge in [0.05, 0.1) is 12.0 Å². The van der Waals surface area contributed by atoms with Crippen molar-refractivity contribution >= 4 is 40.6 Å². The first-order valence-corrected chi connectivity index (χ1v) is 9.45. The van der Waals surface area contributed by atoms with Gasteiger partial charge in [-0.05, 0) is 67.1 Å². The van der Waals surface area contributed by atoms with Crippen LogP contribution < -0.4 is 10.1 Å². The number of carbonyl (C=O) groups excluding carboxylic acids is 3. The van der Waals surface area contributed by atoms with E-state index in [0.29, 0.717) is 10.6 Å². The summed E-state index contributed by atoms with van der Waals surface area (Å²) < 4.78 is 5.17. The number of rotatable bonds is 5. The molecule has 144 valence electrons. The van der Waals surface area contributed by atoms with Crippen molar-refractivity contribution in [1.29, 1.82) is 0 Å². The summed E-state index contributed by atoms with van der Waals surface area (Å²) in [5.41, 5.74) is 3.42. The van der Waals surface area contributed by atoms with E-state index in [9.17, 15) is 14.4 Å². The lowest BCUT2D eigenvalue weighted by molar-refractivity contribution is -0.127. The van der Waals surface area contributed by atoms with Crippen LogP contribution in [0.3, 0.4) is 0 Å². The average Bonchev–Trinajstić information content (AvgIpc) is 2.92. The number of carbonyl (C=O) groups is 3. The van der Waals surface area contributed by atoms with E-state index in [0.717, 1.165) is 39.1 Å². The van der Waals surface area contributed by atoms with Crippen molar-refractivity contribution in [2.45, 2.75) is 13.8 Å². The molecule has 0 radical (unpaired) electrons. The fraction of sp³-hybridized carbons (Fsp3) is 0.190. The number of ether oxygens (including phenoxy) is 1. The molecule has 2 aromatic carbocycles. The molecule has 0 unspecified atom stereocenters. The predicted octanol–water partition coefficient (Wildman–Crippen LogP) is 3.99. The number of aryl methyl sites for hydroxylation is 2. The average molecular weight is 396 g/mol. The van der Waals surface area contributed by atoms with Crippen molar-refractivity contribution in [2.75, 3.05) is 19.0 Å². The quantitative estimate of drug-likeness (QED) is 0.774. The van der Waals surface area contributed by atoms with E-state index >= 15 is 0 Å². The maximum absolute atomic E-state index is 12.6. The molecule has 1 saturated heterocycles. The highest BCUT2D eigenvalue weighted by molar-refractivity contribution is 8.18. The molecule has 0 aliphatic carbocycles. The smallest absolute Gasteiger partial charge is 0.294 e. The number of anilines is 1. The van der Waals surface area contributed by atoms with Crippen LogP contribution in [0.2, 0.25) is 0 Å². The molecular formula is C21H20N2O4S. The second kappa shape index (κ2) is 8.31. The zero-order valence-corrected chi connectivity index (χ0v) is 16.6. The largest absolute Gasteiger partial charge is 0.497 e. The van der Waals surface area contributed by atoms with Crippen LogP contribution in [0.1, 0.15) is 16.7 Å². The van der Waals surface area contributed by atoms with Gasteiger partial charge in [0.15, 0.2) is 0 Å². The topological polar surface area (TPSA) is 75.7 Å². The molecule has 3 amide bonds. The van der Waals surface area contributed by atoms with Crippen LogP contribution in [0.25, 0.3) is 6.08 Å². The number of thioether (sulfide) groups is 1. The van der Waals surface area contributed by atoms with Crippen molar-refractivity contribution in [3.63, 3.8) is 0 Å². The number of methoxy groups -OCH3 is 1. The number of hydrogen-bond donors (Lipinski definition) is 1. The van der Waals surface area contributed by atoms with E-state index in [-0.39, 0.29) is 6.54 Å². The summed E-state index contributed by atoms with van der Waals surface area (Å²) in [5.74, 6) is -0.173. The number of amides is 3. The molecule has 0 atom stereocenters. The lowest BCUT2D eigenvalue weighted by Crippen LogP contribution is -2.36. The van der Waals surface area contributed by atoms with Crippen LogP contribution in [-0.2, 0) is 9.59 Å². The zero-order chi connectivity index (χ0) is 20.3. The summed E-state index contributed by atoms with van der Waals surface area (Å²) in [6.45, 7) is 3.52. The second-order valence-corrected chi connectivity index (χ2v) is 7.40. The van der Waals surface area contributed by atoms with Gasteiger partial charge in [0.2, 0.25) is 5.91 Å². The van der Waals surface area contributed by atoms with Gasteiger partial charge in [-0.1, -0.05) is 23.8 Å². The van der Waals surface area contributed by atoms with E-state index in [2.05, 4.69) is 5.32 Å². The lowest BCUT2D eigenvalue weighted by atomic mass is 10.1. The van der Waals surface area contributed by atoms with Gasteiger partial charge in [-0.25, -0.2) is 0 Å². The Morgan fingerprint density at radius 3 is 2.50 bits per heavy atom. The van der Waals surface area contributed by atoms with Crippen LogP contribution >= 0.6 is 11.8 Å². The van der Waals surface area contributed by atoms with Crippen molar-refractivity contribution < 1.29 is 19.1 Å². The molecule has 1 aliphatic heterocycles. The van der Waals surface area contributed by atoms with Crippen molar-refractivity contribution in [3.8, 4) is 5.75 Å². The van der Waals surface area contributed by atoms with E-state index in [4.69, 9.17) is 4.74 Å². The molecule has 0 bridgehead atoms. The third kappa shape index (κ3) is 4.43. The Bertz CT molecular complexity index is 967. The van der Waals surface area contributed by atoms with Gasteiger partial charge in [-0.3, -0.25) is 19.3 Å². The van der Waals surface area contributed by atoms with Crippen molar-refractivity contribution in [3.05, 3.63) is 64.1 Å². The standard InChI is InChI=1S/C21H20N2O4S/c1-13-4-7-16(8-5-13)22-19(24)12-23-20(25)18(28-21(23)26)11-15-6-9-17(27-3)10-14(15)2/h4-11H,12H2,1-3H3,(H,22,24)/b18-11-. The Morgan fingerprint density at radius 1 is 1.14 bits per heavy atom. The minimum absolute atomic E-state index is 0.293. The fourth-order valence-corrected chi connectivity index (χ4v) is 3.52. The summed E-state index contributed by atoms with van der Waals surface area (Å²) in [6, 6.07) is 12.8. The van der Waals surface area contributed by atoms with Gasteiger partial charge in [0, 0.05) is 5.69 Å². The molecule has 3 rings (SSSR count). The fourth-order valence-electron chi connectivity index (χ4n) is 2.70. The van der Waals surface area contributed by atoms with E-state index < -0.39 is 17.1 Å². The van der Waals surface area contributed by atoms with E-state index in [1.165, 1.54) is 0 Å². The Labute approximate surface area is 167 Å². The van der Waals surface area contributed by atoms with Crippen LogP contribution in [0.15, 0.2) is 47.4 Å². The molecule has 0 spiro atoms. The monoisotopic (exact) mass is 396 g/mol. The molecule has 28 heavy (non-hydrogen) atoms. The van der Waals surface area contributed by atoms with Gasteiger partial charge in [-0.15, -0.1) is 0 Å². The first kappa shape index (κ1) is 19.7. The van der Waals surface area contributed by atoms with E-state index in [1.807, 2.05) is 38.1 Å². The summed E-state index contributed by atoms with van der Waals surface area (Å²) in [7, 11) is 1.58. The maximum Gasteiger partial charge on any atom is 0.294 e. The molecule has 1 N–H and O–H groups in total. The number of nitrogens with zero attached hydrogens (tertiary/aromatic N) is 1. The van der Waals surface area contributed by atoms with Crippen molar-refractivity contribution in [2.24, 2.45) is 0 Å². The molecule has 1 heterocycles. The van der Waals surface area contributed by atoms with Crippen LogP contribution in [-0.4, -0.2) is 35.6 Å². The third-order valence-electron chi connectivity index (χ3n) is 4.27. The molecule has 1 aliphatic rings. The summed E-state index contributed by atoms with van der Waals surface area (Å²) in [6.07, 6.45) is 1.66. The Morgan fingerprint density at radius 2 is 1.86 bits per heavy atom.